The molecule has 0 rings (SSSR count). The predicted molar refractivity (Wildman–Crippen MR) is 19.6 cm³/mol. The van der Waals surface area contributed by atoms with Gasteiger partial charge in [-0.1, -0.05) is 0 Å². The molecule has 8 heteroatoms. The van der Waals surface area contributed by atoms with Crippen LogP contribution in [0.3, 0.4) is 0 Å². The van der Waals surface area contributed by atoms with Gasteiger partial charge in [0.25, 0.3) is 0 Å². The quantitative estimate of drug-likeness (QED) is 0.255. The van der Waals surface area contributed by atoms with Gasteiger partial charge in [-0.15, -0.1) is 0 Å². The average molecular weight is 458 g/mol. The minimum Gasteiger partial charge on any atom is 0 e. The Morgan fingerprint density at radius 3 is 0.385 bits per heavy atom. The van der Waals surface area contributed by atoms with Crippen molar-refractivity contribution in [2.45, 2.75) is 0 Å². The van der Waals surface area contributed by atoms with E-state index in [1.54, 1.807) is 0 Å². The Labute approximate surface area is 205 Å². The fourth-order valence-electron chi connectivity index (χ4n) is 0. The van der Waals surface area contributed by atoms with Gasteiger partial charge in [-0.25, -0.2) is 0 Å². The smallest absolute Gasteiger partial charge is 0 e. The van der Waals surface area contributed by atoms with Crippen LogP contribution in [0.5, 0.6) is 0 Å². The van der Waals surface area contributed by atoms with E-state index in [1.165, 1.54) is 0 Å². The van der Waals surface area contributed by atoms with E-state index in [1.807, 2.05) is 0 Å². The molecular formula is C5CrCs2O5+2. The summed E-state index contributed by atoms with van der Waals surface area (Å²) in [7, 11) is 0. The maximum absolute atomic E-state index is 7.50. The van der Waals surface area contributed by atoms with E-state index >= 15 is 0 Å². The van der Waals surface area contributed by atoms with Crippen LogP contribution in [-0.4, -0.2) is 0 Å². The molecule has 0 aliphatic rings. The van der Waals surface area contributed by atoms with E-state index in [9.17, 15) is 0 Å². The molecule has 0 fully saturated rings. The van der Waals surface area contributed by atoms with Gasteiger partial charge < -0.3 is 0 Å². The van der Waals surface area contributed by atoms with Crippen LogP contribution in [-0.2, 0) is 40.6 Å². The van der Waals surface area contributed by atoms with Crippen LogP contribution in [0, 0.1) is 33.3 Å². The van der Waals surface area contributed by atoms with Crippen molar-refractivity contribution in [2.24, 2.45) is 0 Å². The van der Waals surface area contributed by atoms with Gasteiger partial charge in [0.2, 0.25) is 0 Å². The largest absolute Gasteiger partial charge is 1.00 e. The number of hydrogen-bond acceptors (Lipinski definition) is 0. The summed E-state index contributed by atoms with van der Waals surface area (Å²) >= 11 is 0. The molecule has 0 N–H and O–H groups in total. The first kappa shape index (κ1) is 55.3. The Hall–Kier alpha value is 3.34. The summed E-state index contributed by atoms with van der Waals surface area (Å²) in [5, 5.41) is 0. The molecule has 0 atom stereocenters. The Bertz CT molecular complexity index is 81.5. The third-order valence-electron chi connectivity index (χ3n) is 0. The summed E-state index contributed by atoms with van der Waals surface area (Å²) in [6, 6.07) is 0. The molecule has 0 bridgehead atoms. The molecule has 0 saturated heterocycles. The third-order valence-corrected chi connectivity index (χ3v) is 0. The fraction of sp³-hybridized carbons (Fsp3) is 0. The molecule has 0 aliphatic carbocycles. The zero-order valence-corrected chi connectivity index (χ0v) is 20.8. The summed E-state index contributed by atoms with van der Waals surface area (Å²) in [5.41, 5.74) is 0. The van der Waals surface area contributed by atoms with Crippen LogP contribution >= 0.6 is 0 Å². The van der Waals surface area contributed by atoms with Crippen LogP contribution < -0.4 is 138 Å². The fourth-order valence-corrected chi connectivity index (χ4v) is 0. The molecule has 0 amide bonds. The standard InChI is InChI=1S/5CO.Cr.2Cs/c5*1-2;;;/q;;;;;;2*+1. The van der Waals surface area contributed by atoms with E-state index in [2.05, 4.69) is 33.3 Å². The Kier molecular flexibility index (Phi) is 1200. The molecule has 0 heterocycles. The average Bonchev–Trinajstić information content (AvgIpc) is 2.20. The van der Waals surface area contributed by atoms with Crippen molar-refractivity contribution in [3.63, 3.8) is 0 Å². The Morgan fingerprint density at radius 2 is 0.385 bits per heavy atom. The molecule has 0 saturated carbocycles. The van der Waals surface area contributed by atoms with Gasteiger partial charge >= 0.3 is 194 Å². The van der Waals surface area contributed by atoms with Gasteiger partial charge in [-0.05, 0) is 0 Å². The van der Waals surface area contributed by atoms with E-state index in [0.29, 0.717) is 0 Å². The van der Waals surface area contributed by atoms with E-state index < -0.39 is 0 Å². The summed E-state index contributed by atoms with van der Waals surface area (Å²) < 4.78 is 37.5. The molecule has 0 spiro atoms. The molecule has 13 heavy (non-hydrogen) atoms. The third kappa shape index (κ3) is 245. The molecular weight excluding hydrogens is 458 g/mol. The predicted octanol–water partition coefficient (Wildman–Crippen LogP) is -6.18. The zero-order valence-electron chi connectivity index (χ0n) is 6.95. The topological polar surface area (TPSA) is 99.5 Å². The van der Waals surface area contributed by atoms with Crippen molar-refractivity contribution in [2.75, 3.05) is 0 Å². The summed E-state index contributed by atoms with van der Waals surface area (Å²) in [6.45, 7) is 22.5. The molecule has 0 aliphatic heterocycles. The molecule has 0 radical (unpaired) electrons. The maximum Gasteiger partial charge on any atom is 1.00 e. The maximum atomic E-state index is 7.50. The van der Waals surface area contributed by atoms with E-state index in [-0.39, 0.29) is 155 Å². The molecule has 0 unspecified atom stereocenters. The first-order valence-corrected chi connectivity index (χ1v) is 1.02. The van der Waals surface area contributed by atoms with E-state index in [4.69, 9.17) is 23.3 Å². The van der Waals surface area contributed by atoms with Crippen molar-refractivity contribution in [3.05, 3.63) is 33.3 Å². The summed E-state index contributed by atoms with van der Waals surface area (Å²) in [6.07, 6.45) is 0. The van der Waals surface area contributed by atoms with Gasteiger partial charge in [-0.2, -0.15) is 0 Å². The molecule has 0 aromatic rings. The second-order valence-corrected chi connectivity index (χ2v) is 0. The number of rotatable bonds is 0. The van der Waals surface area contributed by atoms with Crippen LogP contribution in [0.1, 0.15) is 0 Å². The van der Waals surface area contributed by atoms with Crippen LogP contribution in [0.15, 0.2) is 0 Å². The first-order chi connectivity index (χ1) is 5.00. The SMILES string of the molecule is [C-]#[O+].[C-]#[O+].[C-]#[O+].[C-]#[O+].[C-]#[O+].[Cr].[Cs+].[Cs+]. The Morgan fingerprint density at radius 1 is 0.385 bits per heavy atom. The second kappa shape index (κ2) is 283. The van der Waals surface area contributed by atoms with Crippen LogP contribution in [0.4, 0.5) is 0 Å². The van der Waals surface area contributed by atoms with Crippen LogP contribution in [0.25, 0.3) is 0 Å². The first-order valence-electron chi connectivity index (χ1n) is 1.02. The van der Waals surface area contributed by atoms with E-state index in [0.717, 1.165) is 0 Å². The van der Waals surface area contributed by atoms with Crippen molar-refractivity contribution in [1.82, 2.24) is 0 Å². The van der Waals surface area contributed by atoms with Crippen molar-refractivity contribution >= 4 is 0 Å². The Balaban J connectivity index is -0.00000000379. The van der Waals surface area contributed by atoms with Crippen molar-refractivity contribution < 1.29 is 178 Å². The zero-order chi connectivity index (χ0) is 10.0. The summed E-state index contributed by atoms with van der Waals surface area (Å²) in [5.74, 6) is 0. The number of hydrogen-bond donors (Lipinski definition) is 0. The van der Waals surface area contributed by atoms with Gasteiger partial charge in [0.1, 0.15) is 0 Å². The van der Waals surface area contributed by atoms with Gasteiger partial charge in [0, 0.05) is 17.4 Å². The van der Waals surface area contributed by atoms with Crippen molar-refractivity contribution in [3.8, 4) is 0 Å². The van der Waals surface area contributed by atoms with Gasteiger partial charge in [-0.3, -0.25) is 0 Å². The molecule has 0 aromatic heterocycles. The van der Waals surface area contributed by atoms with Gasteiger partial charge in [0.15, 0.2) is 0 Å². The molecule has 5 nitrogen and oxygen atoms in total. The van der Waals surface area contributed by atoms with Crippen LogP contribution in [0.2, 0.25) is 0 Å². The van der Waals surface area contributed by atoms with Gasteiger partial charge in [0.05, 0.1) is 0 Å². The van der Waals surface area contributed by atoms with Crippen molar-refractivity contribution in [1.29, 1.82) is 0 Å². The minimum atomic E-state index is 0. The second-order valence-electron chi connectivity index (χ2n) is 0. The molecule has 0 aromatic carbocycles. The summed E-state index contributed by atoms with van der Waals surface area (Å²) in [4.78, 5) is 0. The minimum absolute atomic E-state index is 0. The monoisotopic (exact) mass is 458 g/mol. The molecule has 56 valence electrons. The normalized spacial score (nSPS) is 0.769.